The first kappa shape index (κ1) is 22.5. The van der Waals surface area contributed by atoms with E-state index in [1.165, 1.54) is 0 Å². The van der Waals surface area contributed by atoms with Crippen LogP contribution in [0.4, 0.5) is 0 Å². The lowest BCUT2D eigenvalue weighted by molar-refractivity contribution is 0.0689. The Balaban J connectivity index is 1.69. The van der Waals surface area contributed by atoms with Gasteiger partial charge in [-0.3, -0.25) is 14.1 Å². The number of fused-ring (bicyclic) bond motifs is 2. The number of hydrogen-bond donors (Lipinski definition) is 1. The zero-order valence-electron chi connectivity index (χ0n) is 20.3. The first-order valence-electron chi connectivity index (χ1n) is 11.5. The SMILES string of the molecule is Cc1cc(-c2cc3cccc(-c4cc(C(C)C)c5c(c4)n(C)c(=O)n5C)c3cn2)cnc1C(=O)O. The molecule has 0 saturated heterocycles. The van der Waals surface area contributed by atoms with Crippen molar-refractivity contribution in [1.82, 2.24) is 19.1 Å². The van der Waals surface area contributed by atoms with Crippen molar-refractivity contribution in [3.05, 3.63) is 82.2 Å². The molecule has 0 aliphatic carbocycles. The molecule has 176 valence electrons. The van der Waals surface area contributed by atoms with Gasteiger partial charge in [0.1, 0.15) is 0 Å². The molecule has 0 bridgehead atoms. The molecule has 0 fully saturated rings. The number of carboxylic acids is 1. The lowest BCUT2D eigenvalue weighted by atomic mass is 9.93. The van der Waals surface area contributed by atoms with Gasteiger partial charge in [-0.25, -0.2) is 14.6 Å². The summed E-state index contributed by atoms with van der Waals surface area (Å²) < 4.78 is 3.42. The Hall–Kier alpha value is -4.26. The highest BCUT2D eigenvalue weighted by atomic mass is 16.4. The van der Waals surface area contributed by atoms with E-state index in [9.17, 15) is 14.7 Å². The fraction of sp³-hybridized carbons (Fsp3) is 0.214. The summed E-state index contributed by atoms with van der Waals surface area (Å²) in [5, 5.41) is 11.3. The normalized spacial score (nSPS) is 11.6. The van der Waals surface area contributed by atoms with Gasteiger partial charge in [-0.15, -0.1) is 0 Å². The molecule has 7 nitrogen and oxygen atoms in total. The molecule has 0 aliphatic rings. The zero-order chi connectivity index (χ0) is 25.0. The number of aromatic nitrogens is 4. The van der Waals surface area contributed by atoms with Crippen molar-refractivity contribution in [2.45, 2.75) is 26.7 Å². The third-order valence-electron chi connectivity index (χ3n) is 6.66. The van der Waals surface area contributed by atoms with E-state index in [-0.39, 0.29) is 17.3 Å². The Morgan fingerprint density at radius 2 is 1.74 bits per heavy atom. The molecule has 0 amide bonds. The molecule has 1 N–H and O–H groups in total. The van der Waals surface area contributed by atoms with Crippen LogP contribution >= 0.6 is 0 Å². The summed E-state index contributed by atoms with van der Waals surface area (Å²) in [6.45, 7) is 6.01. The molecule has 7 heteroatoms. The molecule has 35 heavy (non-hydrogen) atoms. The van der Waals surface area contributed by atoms with Gasteiger partial charge in [0.15, 0.2) is 5.69 Å². The van der Waals surface area contributed by atoms with E-state index in [0.717, 1.165) is 49.8 Å². The maximum absolute atomic E-state index is 12.7. The maximum atomic E-state index is 12.7. The Morgan fingerprint density at radius 1 is 0.971 bits per heavy atom. The number of rotatable bonds is 4. The van der Waals surface area contributed by atoms with Gasteiger partial charge in [-0.05, 0) is 64.7 Å². The van der Waals surface area contributed by atoms with E-state index in [1.54, 1.807) is 35.4 Å². The Morgan fingerprint density at radius 3 is 2.43 bits per heavy atom. The van der Waals surface area contributed by atoms with Crippen LogP contribution in [0.15, 0.2) is 59.7 Å². The summed E-state index contributed by atoms with van der Waals surface area (Å²) >= 11 is 0. The molecular formula is C28H26N4O3. The van der Waals surface area contributed by atoms with Gasteiger partial charge in [-0.1, -0.05) is 32.0 Å². The van der Waals surface area contributed by atoms with Gasteiger partial charge in [0, 0.05) is 37.4 Å². The number of aromatic carboxylic acids is 1. The molecule has 0 aliphatic heterocycles. The molecule has 0 radical (unpaired) electrons. The van der Waals surface area contributed by atoms with Crippen LogP contribution in [0.2, 0.25) is 0 Å². The van der Waals surface area contributed by atoms with Crippen molar-refractivity contribution in [3.8, 4) is 22.4 Å². The molecule has 0 saturated carbocycles. The molecule has 0 spiro atoms. The molecule has 5 rings (SSSR count). The van der Waals surface area contributed by atoms with Crippen molar-refractivity contribution >= 4 is 27.8 Å². The van der Waals surface area contributed by atoms with E-state index in [0.29, 0.717) is 5.56 Å². The van der Waals surface area contributed by atoms with Crippen LogP contribution in [-0.2, 0) is 14.1 Å². The summed E-state index contributed by atoms with van der Waals surface area (Å²) in [6.07, 6.45) is 3.40. The summed E-state index contributed by atoms with van der Waals surface area (Å²) in [6, 6.07) is 14.2. The van der Waals surface area contributed by atoms with E-state index in [4.69, 9.17) is 0 Å². The lowest BCUT2D eigenvalue weighted by Gasteiger charge is -2.14. The van der Waals surface area contributed by atoms with Gasteiger partial charge >= 0.3 is 11.7 Å². The fourth-order valence-electron chi connectivity index (χ4n) is 4.80. The van der Waals surface area contributed by atoms with Gasteiger partial charge in [0.05, 0.1) is 16.7 Å². The van der Waals surface area contributed by atoms with E-state index >= 15 is 0 Å². The lowest BCUT2D eigenvalue weighted by Crippen LogP contribution is -2.19. The second-order valence-electron chi connectivity index (χ2n) is 9.28. The number of nitrogens with zero attached hydrogens (tertiary/aromatic N) is 4. The van der Waals surface area contributed by atoms with Crippen LogP contribution in [0.3, 0.4) is 0 Å². The van der Waals surface area contributed by atoms with Crippen molar-refractivity contribution < 1.29 is 9.90 Å². The summed E-state index contributed by atoms with van der Waals surface area (Å²) in [5.74, 6) is -0.798. The van der Waals surface area contributed by atoms with Gasteiger partial charge in [-0.2, -0.15) is 0 Å². The van der Waals surface area contributed by atoms with E-state index < -0.39 is 5.97 Å². The highest BCUT2D eigenvalue weighted by molar-refractivity contribution is 5.99. The molecule has 3 heterocycles. The molecular weight excluding hydrogens is 440 g/mol. The summed E-state index contributed by atoms with van der Waals surface area (Å²) in [7, 11) is 3.63. The van der Waals surface area contributed by atoms with Crippen LogP contribution in [0, 0.1) is 6.92 Å². The molecule has 2 aromatic carbocycles. The number of imidazole rings is 1. The standard InChI is InChI=1S/C28H26N4O3/c1-15(2)21-10-18(12-24-26(21)32(5)28(35)31(24)4)20-8-6-7-17-11-23(29-14-22(17)20)19-9-16(3)25(27(33)34)30-13-19/h6-15H,1-5H3,(H,33,34). The molecule has 0 unspecified atom stereocenters. The first-order valence-corrected chi connectivity index (χ1v) is 11.5. The van der Waals surface area contributed by atoms with Gasteiger partial charge in [0.2, 0.25) is 0 Å². The second-order valence-corrected chi connectivity index (χ2v) is 9.28. The Bertz CT molecular complexity index is 1710. The summed E-state index contributed by atoms with van der Waals surface area (Å²) in [5.41, 5.74) is 7.15. The number of carbonyl (C=O) groups is 1. The van der Waals surface area contributed by atoms with Crippen LogP contribution in [-0.4, -0.2) is 30.2 Å². The van der Waals surface area contributed by atoms with Crippen molar-refractivity contribution in [3.63, 3.8) is 0 Å². The number of aryl methyl sites for hydroxylation is 3. The third kappa shape index (κ3) is 3.60. The minimum atomic E-state index is -1.04. The minimum absolute atomic E-state index is 0.0407. The topological polar surface area (TPSA) is 90.0 Å². The predicted molar refractivity (Wildman–Crippen MR) is 138 cm³/mol. The average molecular weight is 467 g/mol. The quantitative estimate of drug-likeness (QED) is 0.389. The smallest absolute Gasteiger partial charge is 0.354 e. The Kier molecular flexibility index (Phi) is 5.28. The number of carboxylic acid groups (broad SMARTS) is 1. The Labute approximate surface area is 202 Å². The van der Waals surface area contributed by atoms with Crippen LogP contribution < -0.4 is 5.69 Å². The molecule has 5 aromatic rings. The molecule has 0 atom stereocenters. The average Bonchev–Trinajstić information content (AvgIpc) is 3.06. The highest BCUT2D eigenvalue weighted by Crippen LogP contribution is 2.35. The van der Waals surface area contributed by atoms with Crippen molar-refractivity contribution in [2.24, 2.45) is 14.1 Å². The van der Waals surface area contributed by atoms with Gasteiger partial charge < -0.3 is 5.11 Å². The third-order valence-corrected chi connectivity index (χ3v) is 6.66. The summed E-state index contributed by atoms with van der Waals surface area (Å²) in [4.78, 5) is 32.8. The number of benzene rings is 2. The molecule has 3 aromatic heterocycles. The van der Waals surface area contributed by atoms with Crippen LogP contribution in [0.5, 0.6) is 0 Å². The minimum Gasteiger partial charge on any atom is -0.477 e. The van der Waals surface area contributed by atoms with Gasteiger partial charge in [0.25, 0.3) is 0 Å². The van der Waals surface area contributed by atoms with Crippen LogP contribution in [0.1, 0.15) is 41.4 Å². The fourth-order valence-corrected chi connectivity index (χ4v) is 4.80. The predicted octanol–water partition coefficient (Wildman–Crippen LogP) is 5.28. The van der Waals surface area contributed by atoms with E-state index in [2.05, 4.69) is 42.0 Å². The maximum Gasteiger partial charge on any atom is 0.354 e. The van der Waals surface area contributed by atoms with Crippen LogP contribution in [0.25, 0.3) is 44.2 Å². The number of hydrogen-bond acceptors (Lipinski definition) is 4. The largest absolute Gasteiger partial charge is 0.477 e. The highest BCUT2D eigenvalue weighted by Gasteiger charge is 2.18. The second kappa shape index (κ2) is 8.20. The first-order chi connectivity index (χ1) is 16.7. The van der Waals surface area contributed by atoms with Crippen molar-refractivity contribution in [2.75, 3.05) is 0 Å². The number of pyridine rings is 2. The van der Waals surface area contributed by atoms with Crippen molar-refractivity contribution in [1.29, 1.82) is 0 Å². The zero-order valence-corrected chi connectivity index (χ0v) is 20.3. The van der Waals surface area contributed by atoms with E-state index in [1.807, 2.05) is 31.4 Å². The monoisotopic (exact) mass is 466 g/mol.